The Morgan fingerprint density at radius 2 is 0.882 bits per heavy atom. The van der Waals surface area contributed by atoms with Crippen molar-refractivity contribution in [2.75, 3.05) is 63.4 Å². The predicted molar refractivity (Wildman–Crippen MR) is 192 cm³/mol. The Bertz CT molecular complexity index is 2100. The molecule has 0 bridgehead atoms. The van der Waals surface area contributed by atoms with Gasteiger partial charge in [0, 0.05) is 17.7 Å². The molecule has 0 aromatic heterocycles. The van der Waals surface area contributed by atoms with Crippen molar-refractivity contribution < 1.29 is 47.5 Å². The van der Waals surface area contributed by atoms with Crippen molar-refractivity contribution >= 4 is 28.4 Å². The molecule has 11 nitrogen and oxygen atoms in total. The van der Waals surface area contributed by atoms with Crippen LogP contribution in [0.15, 0.2) is 72.4 Å². The lowest BCUT2D eigenvalue weighted by Gasteiger charge is -2.28. The smallest absolute Gasteiger partial charge is 0.259 e. The van der Waals surface area contributed by atoms with Crippen LogP contribution in [0.4, 0.5) is 0 Å². The van der Waals surface area contributed by atoms with E-state index in [1.807, 2.05) is 24.3 Å². The second-order valence-corrected chi connectivity index (χ2v) is 11.6. The maximum atomic E-state index is 15.0. The van der Waals surface area contributed by atoms with Gasteiger partial charge in [-0.05, 0) is 77.2 Å². The number of carbonyl (C=O) groups excluding carboxylic acids is 2. The first kappa shape index (κ1) is 34.8. The molecule has 0 fully saturated rings. The van der Waals surface area contributed by atoms with E-state index in [2.05, 4.69) is 0 Å². The molecule has 11 heteroatoms. The van der Waals surface area contributed by atoms with Crippen LogP contribution in [-0.4, -0.2) is 80.0 Å². The number of benzene rings is 4. The molecule has 1 amide bonds. The van der Waals surface area contributed by atoms with E-state index >= 15 is 0 Å². The topological polar surface area (TPSA) is 111 Å². The van der Waals surface area contributed by atoms with Crippen LogP contribution in [0.25, 0.3) is 16.7 Å². The van der Waals surface area contributed by atoms with Crippen LogP contribution in [0.2, 0.25) is 0 Å². The lowest BCUT2D eigenvalue weighted by atomic mass is 9.80. The van der Waals surface area contributed by atoms with E-state index < -0.39 is 0 Å². The van der Waals surface area contributed by atoms with Crippen LogP contribution in [0.3, 0.4) is 0 Å². The lowest BCUT2D eigenvalue weighted by molar-refractivity contribution is -0.122. The van der Waals surface area contributed by atoms with Crippen LogP contribution in [-0.2, 0) is 11.2 Å². The fourth-order valence-electron chi connectivity index (χ4n) is 6.64. The van der Waals surface area contributed by atoms with Gasteiger partial charge in [-0.1, -0.05) is 18.2 Å². The SMILES string of the molecule is COc1ccc(CCN2C(=O)C(c3ccc(OC)c(OC)c3)=C3C2=C(c2ccc(OC)c(OC)c2)C(=O)c2cc(OC)c(OC)cc23)cc1OC. The van der Waals surface area contributed by atoms with Gasteiger partial charge in [0.05, 0.1) is 73.7 Å². The van der Waals surface area contributed by atoms with Gasteiger partial charge in [-0.15, -0.1) is 0 Å². The molecule has 51 heavy (non-hydrogen) atoms. The van der Waals surface area contributed by atoms with Crippen molar-refractivity contribution in [3.63, 3.8) is 0 Å². The molecule has 0 N–H and O–H groups in total. The number of allylic oxidation sites excluding steroid dienone is 2. The summed E-state index contributed by atoms with van der Waals surface area (Å²) in [6, 6.07) is 19.6. The van der Waals surface area contributed by atoms with E-state index in [0.717, 1.165) is 5.56 Å². The van der Waals surface area contributed by atoms with Crippen LogP contribution in [0.5, 0.6) is 46.0 Å². The summed E-state index contributed by atoms with van der Waals surface area (Å²) in [5, 5.41) is 0. The van der Waals surface area contributed by atoms with Crippen LogP contribution < -0.4 is 37.9 Å². The first-order chi connectivity index (χ1) is 24.8. The third-order valence-electron chi connectivity index (χ3n) is 9.13. The highest BCUT2D eigenvalue weighted by Gasteiger charge is 2.45. The summed E-state index contributed by atoms with van der Waals surface area (Å²) >= 11 is 0. The average molecular weight is 694 g/mol. The minimum absolute atomic E-state index is 0.233. The monoisotopic (exact) mass is 693 g/mol. The van der Waals surface area contributed by atoms with Gasteiger partial charge in [-0.2, -0.15) is 0 Å². The fraction of sp³-hybridized carbons (Fsp3) is 0.250. The van der Waals surface area contributed by atoms with E-state index in [-0.39, 0.29) is 18.2 Å². The van der Waals surface area contributed by atoms with Crippen molar-refractivity contribution in [3.05, 3.63) is 100 Å². The predicted octanol–water partition coefficient (Wildman–Crippen LogP) is 6.36. The minimum atomic E-state index is -0.297. The molecule has 4 aromatic rings. The molecule has 0 saturated carbocycles. The number of ether oxygens (including phenoxy) is 8. The molecular weight excluding hydrogens is 654 g/mol. The zero-order valence-corrected chi connectivity index (χ0v) is 29.8. The van der Waals surface area contributed by atoms with E-state index in [1.165, 1.54) is 28.4 Å². The van der Waals surface area contributed by atoms with Crippen LogP contribution in [0.1, 0.15) is 32.6 Å². The zero-order chi connectivity index (χ0) is 36.4. The molecule has 0 saturated heterocycles. The highest BCUT2D eigenvalue weighted by Crippen LogP contribution is 2.52. The highest BCUT2D eigenvalue weighted by molar-refractivity contribution is 6.43. The van der Waals surface area contributed by atoms with Gasteiger partial charge in [0.1, 0.15) is 0 Å². The number of Topliss-reactive ketones (excluding diaryl/α,β-unsaturated/α-hetero) is 1. The maximum absolute atomic E-state index is 15.0. The first-order valence-electron chi connectivity index (χ1n) is 16.0. The third-order valence-corrected chi connectivity index (χ3v) is 9.13. The number of hydrogen-bond acceptors (Lipinski definition) is 10. The van der Waals surface area contributed by atoms with E-state index in [1.54, 1.807) is 75.8 Å². The van der Waals surface area contributed by atoms with Gasteiger partial charge in [0.2, 0.25) is 0 Å². The third kappa shape index (κ3) is 5.94. The summed E-state index contributed by atoms with van der Waals surface area (Å²) in [5.41, 5.74) is 4.65. The summed E-state index contributed by atoms with van der Waals surface area (Å²) in [5.74, 6) is 3.25. The Balaban J connectivity index is 1.66. The molecule has 6 rings (SSSR count). The van der Waals surface area contributed by atoms with Gasteiger partial charge >= 0.3 is 0 Å². The Hall–Kier alpha value is -6.10. The zero-order valence-electron chi connectivity index (χ0n) is 29.8. The Labute approximate surface area is 296 Å². The number of methoxy groups -OCH3 is 8. The van der Waals surface area contributed by atoms with Gasteiger partial charge < -0.3 is 42.8 Å². The van der Waals surface area contributed by atoms with Crippen LogP contribution in [0, 0.1) is 0 Å². The number of hydrogen-bond donors (Lipinski definition) is 0. The molecule has 4 aromatic carbocycles. The minimum Gasteiger partial charge on any atom is -0.493 e. The molecule has 2 aliphatic rings. The molecule has 0 radical (unpaired) electrons. The summed E-state index contributed by atoms with van der Waals surface area (Å²) in [7, 11) is 12.4. The summed E-state index contributed by atoms with van der Waals surface area (Å²) < 4.78 is 44.6. The van der Waals surface area contributed by atoms with Crippen molar-refractivity contribution in [1.29, 1.82) is 0 Å². The fourth-order valence-corrected chi connectivity index (χ4v) is 6.64. The number of ketones is 1. The van der Waals surface area contributed by atoms with Crippen molar-refractivity contribution in [1.82, 2.24) is 4.90 Å². The molecule has 0 atom stereocenters. The molecular formula is C40H39NO10. The average Bonchev–Trinajstić information content (AvgIpc) is 3.46. The lowest BCUT2D eigenvalue weighted by Crippen LogP contribution is -2.30. The Kier molecular flexibility index (Phi) is 9.81. The van der Waals surface area contributed by atoms with Gasteiger partial charge in [0.25, 0.3) is 5.91 Å². The second-order valence-electron chi connectivity index (χ2n) is 11.6. The van der Waals surface area contributed by atoms with E-state index in [0.29, 0.717) is 97.1 Å². The summed E-state index contributed by atoms with van der Waals surface area (Å²) in [4.78, 5) is 31.5. The number of fused-ring (bicyclic) bond motifs is 3. The molecule has 264 valence electrons. The number of amides is 1. The number of rotatable bonds is 13. The largest absolute Gasteiger partial charge is 0.493 e. The highest BCUT2D eigenvalue weighted by atomic mass is 16.5. The maximum Gasteiger partial charge on any atom is 0.259 e. The molecule has 0 spiro atoms. The van der Waals surface area contributed by atoms with Crippen molar-refractivity contribution in [2.24, 2.45) is 0 Å². The van der Waals surface area contributed by atoms with Crippen LogP contribution >= 0.6 is 0 Å². The number of carbonyl (C=O) groups is 2. The molecule has 1 heterocycles. The molecule has 1 aliphatic carbocycles. The second kappa shape index (κ2) is 14.4. The quantitative estimate of drug-likeness (QED) is 0.157. The van der Waals surface area contributed by atoms with E-state index in [4.69, 9.17) is 37.9 Å². The number of nitrogens with zero attached hydrogens (tertiary/aromatic N) is 1. The van der Waals surface area contributed by atoms with Gasteiger partial charge in [-0.3, -0.25) is 9.59 Å². The first-order valence-corrected chi connectivity index (χ1v) is 16.0. The van der Waals surface area contributed by atoms with Gasteiger partial charge in [0.15, 0.2) is 51.8 Å². The molecule has 0 unspecified atom stereocenters. The Morgan fingerprint density at radius 3 is 1.39 bits per heavy atom. The Morgan fingerprint density at radius 1 is 0.451 bits per heavy atom. The summed E-state index contributed by atoms with van der Waals surface area (Å²) in [6.07, 6.45) is 0.439. The van der Waals surface area contributed by atoms with Crippen molar-refractivity contribution in [2.45, 2.75) is 6.42 Å². The summed E-state index contributed by atoms with van der Waals surface area (Å²) in [6.45, 7) is 0.233. The van der Waals surface area contributed by atoms with E-state index in [9.17, 15) is 9.59 Å². The van der Waals surface area contributed by atoms with Crippen molar-refractivity contribution in [3.8, 4) is 46.0 Å². The normalized spacial score (nSPS) is 13.5. The van der Waals surface area contributed by atoms with Gasteiger partial charge in [-0.25, -0.2) is 0 Å². The standard InChI is InChI=1S/C40H39NO10/c1-44-27-12-9-22(17-30(27)47-4)15-16-41-38-36(24-11-14-29(46-3)32(19-24)49-6)39(42)26-21-34(51-8)33(50-7)20-25(26)37(38)35(40(41)43)23-10-13-28(45-2)31(18-23)48-5/h9-14,17-21H,15-16H2,1-8H3. The molecule has 1 aliphatic heterocycles.